The number of nitrogens with zero attached hydrogens (tertiary/aromatic N) is 2. The maximum absolute atomic E-state index is 13.2. The number of rotatable bonds is 4. The summed E-state index contributed by atoms with van der Waals surface area (Å²) in [6, 6.07) is 13.4. The molecule has 0 amide bonds. The van der Waals surface area contributed by atoms with Gasteiger partial charge in [0.25, 0.3) is 0 Å². The molecule has 1 aromatic heterocycles. The molecule has 2 aromatic carbocycles. The number of aromatic nitrogens is 2. The van der Waals surface area contributed by atoms with Crippen LogP contribution in [0.15, 0.2) is 55.0 Å². The summed E-state index contributed by atoms with van der Waals surface area (Å²) in [5, 5.41) is 0. The molecule has 4 atom stereocenters. The number of hydrogen-bond acceptors (Lipinski definition) is 3. The van der Waals surface area contributed by atoms with Crippen LogP contribution in [0.25, 0.3) is 16.9 Å². The molecule has 0 saturated heterocycles. The summed E-state index contributed by atoms with van der Waals surface area (Å²) in [6.45, 7) is 6.09. The zero-order valence-electron chi connectivity index (χ0n) is 18.8. The zero-order chi connectivity index (χ0) is 22.5. The van der Waals surface area contributed by atoms with Crippen LogP contribution in [0.3, 0.4) is 0 Å². The van der Waals surface area contributed by atoms with E-state index >= 15 is 0 Å². The average Bonchev–Trinajstić information content (AvgIpc) is 3.33. The van der Waals surface area contributed by atoms with Gasteiger partial charge in [-0.2, -0.15) is 0 Å². The van der Waals surface area contributed by atoms with Crippen LogP contribution in [0.1, 0.15) is 44.7 Å². The number of halogens is 1. The Kier molecular flexibility index (Phi) is 5.64. The molecule has 1 saturated carbocycles. The van der Waals surface area contributed by atoms with Gasteiger partial charge in [0.15, 0.2) is 0 Å². The molecule has 0 aliphatic heterocycles. The van der Waals surface area contributed by atoms with E-state index in [0.717, 1.165) is 29.8 Å². The van der Waals surface area contributed by atoms with Gasteiger partial charge in [-0.15, -0.1) is 4.72 Å². The van der Waals surface area contributed by atoms with Crippen LogP contribution >= 0.6 is 0 Å². The molecule has 6 heteroatoms. The Morgan fingerprint density at radius 1 is 1.03 bits per heavy atom. The fourth-order valence-corrected chi connectivity index (χ4v) is 6.07. The number of fused-ring (bicyclic) bond motifs is 3. The van der Waals surface area contributed by atoms with Gasteiger partial charge < -0.3 is 9.12 Å². The van der Waals surface area contributed by atoms with Gasteiger partial charge in [0, 0.05) is 28.8 Å². The van der Waals surface area contributed by atoms with Gasteiger partial charge in [-0.05, 0) is 99.7 Å². The molecule has 2 bridgehead atoms. The van der Waals surface area contributed by atoms with Gasteiger partial charge in [-0.3, -0.25) is 0 Å². The van der Waals surface area contributed by atoms with Crippen LogP contribution in [-0.2, 0) is 24.2 Å². The van der Waals surface area contributed by atoms with Crippen molar-refractivity contribution in [1.29, 1.82) is 0 Å². The molecular weight excluding hydrogens is 421 g/mol. The van der Waals surface area contributed by atoms with Crippen molar-refractivity contribution in [3.8, 4) is 16.9 Å². The quantitative estimate of drug-likeness (QED) is 0.553. The van der Waals surface area contributed by atoms with Crippen LogP contribution < -0.4 is 4.72 Å². The molecular formula is C26H30FN3OS. The lowest BCUT2D eigenvalue weighted by Gasteiger charge is -2.30. The molecule has 0 spiro atoms. The molecule has 168 valence electrons. The molecule has 5 rings (SSSR count). The molecule has 2 aliphatic rings. The monoisotopic (exact) mass is 451 g/mol. The summed E-state index contributed by atoms with van der Waals surface area (Å²) in [4.78, 5) is 4.60. The molecule has 1 heterocycles. The highest BCUT2D eigenvalue weighted by Gasteiger charge is 2.43. The number of hydrogen-bond donors (Lipinski definition) is 1. The minimum Gasteiger partial charge on any atom is -0.598 e. The Bertz CT molecular complexity index is 1110. The summed E-state index contributed by atoms with van der Waals surface area (Å²) in [5.74, 6) is 0.809. The third kappa shape index (κ3) is 4.24. The Labute approximate surface area is 192 Å². The minimum atomic E-state index is -1.05. The maximum atomic E-state index is 13.2. The Morgan fingerprint density at radius 3 is 2.41 bits per heavy atom. The van der Waals surface area contributed by atoms with Crippen molar-refractivity contribution in [2.75, 3.05) is 0 Å². The van der Waals surface area contributed by atoms with Gasteiger partial charge in [0.1, 0.15) is 10.6 Å². The second kappa shape index (κ2) is 8.32. The molecule has 0 radical (unpaired) electrons. The van der Waals surface area contributed by atoms with Gasteiger partial charge >= 0.3 is 0 Å². The van der Waals surface area contributed by atoms with E-state index in [9.17, 15) is 8.94 Å². The summed E-state index contributed by atoms with van der Waals surface area (Å²) in [7, 11) is 0. The first-order valence-electron chi connectivity index (χ1n) is 11.4. The highest BCUT2D eigenvalue weighted by molar-refractivity contribution is 7.90. The summed E-state index contributed by atoms with van der Waals surface area (Å²) < 4.78 is 31.2. The van der Waals surface area contributed by atoms with E-state index in [4.69, 9.17) is 0 Å². The first kappa shape index (κ1) is 21.7. The van der Waals surface area contributed by atoms with Gasteiger partial charge in [0.2, 0.25) is 0 Å². The van der Waals surface area contributed by atoms with Crippen molar-refractivity contribution in [3.63, 3.8) is 0 Å². The fourth-order valence-electron chi connectivity index (χ4n) is 5.09. The number of nitrogens with one attached hydrogen (secondary N) is 1. The second-order valence-corrected chi connectivity index (χ2v) is 12.2. The third-order valence-electron chi connectivity index (χ3n) is 6.90. The van der Waals surface area contributed by atoms with E-state index in [2.05, 4.69) is 27.9 Å². The van der Waals surface area contributed by atoms with E-state index in [-0.39, 0.29) is 10.6 Å². The highest BCUT2D eigenvalue weighted by atomic mass is 32.2. The predicted molar refractivity (Wildman–Crippen MR) is 127 cm³/mol. The van der Waals surface area contributed by atoms with E-state index in [1.165, 1.54) is 36.1 Å². The van der Waals surface area contributed by atoms with E-state index in [1.54, 1.807) is 18.5 Å². The van der Waals surface area contributed by atoms with Crippen LogP contribution in [0.4, 0.5) is 4.39 Å². The topological polar surface area (TPSA) is 52.9 Å². The Balaban J connectivity index is 1.38. The zero-order valence-corrected chi connectivity index (χ0v) is 19.7. The molecule has 3 aromatic rings. The van der Waals surface area contributed by atoms with Crippen LogP contribution in [0.2, 0.25) is 0 Å². The highest BCUT2D eigenvalue weighted by Crippen LogP contribution is 2.41. The number of benzene rings is 2. The van der Waals surface area contributed by atoms with Crippen molar-refractivity contribution in [2.24, 2.45) is 11.8 Å². The molecule has 1 N–H and O–H groups in total. The smallest absolute Gasteiger partial charge is 0.136 e. The molecule has 4 nitrogen and oxygen atoms in total. The maximum Gasteiger partial charge on any atom is 0.136 e. The molecule has 32 heavy (non-hydrogen) atoms. The Hall–Kier alpha value is -2.15. The van der Waals surface area contributed by atoms with E-state index in [1.807, 2.05) is 31.5 Å². The third-order valence-corrected chi connectivity index (χ3v) is 8.50. The lowest BCUT2D eigenvalue weighted by molar-refractivity contribution is 0.381. The summed E-state index contributed by atoms with van der Waals surface area (Å²) in [6.07, 6.45) is 8.21. The second-order valence-electron chi connectivity index (χ2n) is 10.2. The normalized spacial score (nSPS) is 23.6. The standard InChI is InChI=1S/C26H30FN3OS/c1-26(2,3)32(31)29-25-19-6-7-20(25)14-21-13-18(5-4-17(21)12-19)24-15-30(16-28-24)23-10-8-22(27)9-11-23/h4-5,8-11,13,15-16,19-20,25,29H,6-7,12,14H2,1-3H3/t19-,20+,25+,32?/m0/s1. The SMILES string of the molecule is CC(C)(C)[S+]([O-])N[C@H]1[C@@H]2CC[C@H]1Cc1ccc(-c3cn(-c4ccc(F)cc4)cn3)cc1C2. The first-order chi connectivity index (χ1) is 15.3. The summed E-state index contributed by atoms with van der Waals surface area (Å²) in [5.41, 5.74) is 5.70. The molecule has 2 aliphatic carbocycles. The van der Waals surface area contributed by atoms with Crippen LogP contribution in [0, 0.1) is 17.7 Å². The van der Waals surface area contributed by atoms with Crippen molar-refractivity contribution in [3.05, 3.63) is 71.9 Å². The van der Waals surface area contributed by atoms with Crippen molar-refractivity contribution < 1.29 is 8.94 Å². The van der Waals surface area contributed by atoms with Crippen molar-refractivity contribution in [2.45, 2.75) is 57.2 Å². The lowest BCUT2D eigenvalue weighted by atomic mass is 9.91. The molecule has 1 fully saturated rings. The van der Waals surface area contributed by atoms with E-state index < -0.39 is 11.4 Å². The predicted octanol–water partition coefficient (Wildman–Crippen LogP) is 5.22. The van der Waals surface area contributed by atoms with Gasteiger partial charge in [-0.25, -0.2) is 9.37 Å². The van der Waals surface area contributed by atoms with Gasteiger partial charge in [0.05, 0.1) is 18.1 Å². The first-order valence-corrected chi connectivity index (χ1v) is 12.5. The lowest BCUT2D eigenvalue weighted by Crippen LogP contribution is -2.48. The van der Waals surface area contributed by atoms with Gasteiger partial charge in [-0.1, -0.05) is 12.1 Å². The number of imidazole rings is 1. The Morgan fingerprint density at radius 2 is 1.72 bits per heavy atom. The minimum absolute atomic E-state index is 0.242. The molecule has 1 unspecified atom stereocenters. The fraction of sp³-hybridized carbons (Fsp3) is 0.423. The average molecular weight is 452 g/mol. The van der Waals surface area contributed by atoms with Crippen LogP contribution in [-0.4, -0.2) is 24.9 Å². The summed E-state index contributed by atoms with van der Waals surface area (Å²) >= 11 is -1.05. The largest absolute Gasteiger partial charge is 0.598 e. The van der Waals surface area contributed by atoms with Crippen molar-refractivity contribution >= 4 is 11.4 Å². The van der Waals surface area contributed by atoms with E-state index in [0.29, 0.717) is 17.9 Å². The van der Waals surface area contributed by atoms with Crippen molar-refractivity contribution in [1.82, 2.24) is 14.3 Å². The van der Waals surface area contributed by atoms with Crippen LogP contribution in [0.5, 0.6) is 0 Å².